The molecule has 0 aromatic rings. The first-order valence-corrected chi connectivity index (χ1v) is 23.5. The molecule has 0 aromatic heterocycles. The van der Waals surface area contributed by atoms with Crippen LogP contribution in [0.5, 0.6) is 0 Å². The number of nitrogens with zero attached hydrogens (tertiary/aromatic N) is 1. The molecule has 0 spiro atoms. The Morgan fingerprint density at radius 1 is 0.600 bits per heavy atom. The van der Waals surface area contributed by atoms with Gasteiger partial charge in [-0.3, -0.25) is 9.36 Å². The number of hydrogen-bond acceptors (Lipinski definition) is 7. The van der Waals surface area contributed by atoms with E-state index in [1.165, 1.54) is 83.5 Å². The van der Waals surface area contributed by atoms with Gasteiger partial charge in [0.2, 0.25) is 0 Å². The average molecular weight is 794 g/mol. The highest BCUT2D eigenvalue weighted by molar-refractivity contribution is 7.45. The van der Waals surface area contributed by atoms with Crippen molar-refractivity contribution in [3.05, 3.63) is 60.9 Å². The van der Waals surface area contributed by atoms with Gasteiger partial charge >= 0.3 is 5.97 Å². The zero-order valence-electron chi connectivity index (χ0n) is 36.1. The first kappa shape index (κ1) is 53.0. The van der Waals surface area contributed by atoms with Gasteiger partial charge in [-0.05, 0) is 63.9 Å². The number of hydrogen-bond donors (Lipinski definition) is 0. The highest BCUT2D eigenvalue weighted by Gasteiger charge is 2.20. The maximum atomic E-state index is 12.7. The number of esters is 1. The van der Waals surface area contributed by atoms with Gasteiger partial charge in [0.15, 0.2) is 6.10 Å². The summed E-state index contributed by atoms with van der Waals surface area (Å²) in [5, 5.41) is 0. The average Bonchev–Trinajstić information content (AvgIpc) is 3.13. The van der Waals surface area contributed by atoms with Crippen molar-refractivity contribution in [3.8, 4) is 0 Å². The van der Waals surface area contributed by atoms with E-state index in [4.69, 9.17) is 18.5 Å². The lowest BCUT2D eigenvalue weighted by Crippen LogP contribution is -2.37. The number of phosphoric acid groups is 1. The third-order valence-electron chi connectivity index (χ3n) is 9.15. The van der Waals surface area contributed by atoms with Crippen LogP contribution in [-0.4, -0.2) is 64.1 Å². The second-order valence-electron chi connectivity index (χ2n) is 15.7. The van der Waals surface area contributed by atoms with Gasteiger partial charge in [0.1, 0.15) is 19.8 Å². The molecule has 0 heterocycles. The van der Waals surface area contributed by atoms with Crippen molar-refractivity contribution < 1.29 is 37.3 Å². The summed E-state index contributed by atoms with van der Waals surface area (Å²) in [6.07, 6.45) is 49.0. The molecule has 2 unspecified atom stereocenters. The lowest BCUT2D eigenvalue weighted by molar-refractivity contribution is -0.870. The summed E-state index contributed by atoms with van der Waals surface area (Å²) in [5.74, 6) is -0.380. The summed E-state index contributed by atoms with van der Waals surface area (Å²) in [7, 11) is 1.30. The molecule has 9 heteroatoms. The fourth-order valence-corrected chi connectivity index (χ4v) is 6.47. The van der Waals surface area contributed by atoms with Gasteiger partial charge in [0.05, 0.1) is 34.0 Å². The number of carbonyl (C=O) groups excluding carboxylic acids is 1. The van der Waals surface area contributed by atoms with Gasteiger partial charge < -0.3 is 27.9 Å². The predicted octanol–water partition coefficient (Wildman–Crippen LogP) is 12.7. The number of ether oxygens (including phenoxy) is 2. The summed E-state index contributed by atoms with van der Waals surface area (Å²) in [6, 6.07) is 0. The summed E-state index contributed by atoms with van der Waals surface area (Å²) in [6.45, 7) is 4.59. The molecule has 0 saturated carbocycles. The molecule has 0 aliphatic heterocycles. The topological polar surface area (TPSA) is 94.1 Å². The second kappa shape index (κ2) is 38.9. The minimum absolute atomic E-state index is 0.00866. The molecule has 0 amide bonds. The van der Waals surface area contributed by atoms with Crippen LogP contribution in [0.2, 0.25) is 0 Å². The predicted molar refractivity (Wildman–Crippen MR) is 231 cm³/mol. The van der Waals surface area contributed by atoms with Crippen molar-refractivity contribution in [1.29, 1.82) is 0 Å². The van der Waals surface area contributed by atoms with Crippen LogP contribution in [0.25, 0.3) is 0 Å². The highest BCUT2D eigenvalue weighted by atomic mass is 31.2. The van der Waals surface area contributed by atoms with Gasteiger partial charge in [-0.25, -0.2) is 0 Å². The second-order valence-corrected chi connectivity index (χ2v) is 17.2. The van der Waals surface area contributed by atoms with Gasteiger partial charge in [0, 0.05) is 6.42 Å². The van der Waals surface area contributed by atoms with E-state index in [-0.39, 0.29) is 32.2 Å². The molecule has 0 N–H and O–H groups in total. The lowest BCUT2D eigenvalue weighted by Gasteiger charge is -2.28. The van der Waals surface area contributed by atoms with Crippen molar-refractivity contribution >= 4 is 13.8 Å². The van der Waals surface area contributed by atoms with Gasteiger partial charge in [0.25, 0.3) is 7.82 Å². The Hall–Kier alpha value is -1.96. The highest BCUT2D eigenvalue weighted by Crippen LogP contribution is 2.38. The molecule has 8 nitrogen and oxygen atoms in total. The molecule has 0 radical (unpaired) electrons. The summed E-state index contributed by atoms with van der Waals surface area (Å²) < 4.78 is 34.3. The van der Waals surface area contributed by atoms with Crippen molar-refractivity contribution in [3.63, 3.8) is 0 Å². The fourth-order valence-electron chi connectivity index (χ4n) is 5.74. The Bertz CT molecular complexity index is 1060. The third kappa shape index (κ3) is 43.0. The van der Waals surface area contributed by atoms with Gasteiger partial charge in [-0.1, -0.05) is 159 Å². The van der Waals surface area contributed by atoms with E-state index in [1.807, 2.05) is 27.2 Å². The maximum absolute atomic E-state index is 12.7. The van der Waals surface area contributed by atoms with Crippen molar-refractivity contribution in [2.24, 2.45) is 0 Å². The van der Waals surface area contributed by atoms with E-state index in [0.717, 1.165) is 70.6 Å². The van der Waals surface area contributed by atoms with Crippen LogP contribution in [0, 0.1) is 0 Å². The minimum atomic E-state index is -4.55. The van der Waals surface area contributed by atoms with E-state index in [1.54, 1.807) is 6.26 Å². The molecule has 0 aliphatic rings. The number of quaternary nitrogens is 1. The van der Waals surface area contributed by atoms with E-state index >= 15 is 0 Å². The molecule has 0 aliphatic carbocycles. The zero-order chi connectivity index (χ0) is 40.6. The monoisotopic (exact) mass is 794 g/mol. The van der Waals surface area contributed by atoms with Crippen LogP contribution in [0.3, 0.4) is 0 Å². The van der Waals surface area contributed by atoms with Crippen LogP contribution in [0.4, 0.5) is 0 Å². The normalized spacial score (nSPS) is 14.3. The van der Waals surface area contributed by atoms with Crippen LogP contribution in [0.1, 0.15) is 174 Å². The molecule has 0 fully saturated rings. The van der Waals surface area contributed by atoms with Crippen LogP contribution in [-0.2, 0) is 27.9 Å². The number of allylic oxidation sites excluding steroid dienone is 9. The van der Waals surface area contributed by atoms with Crippen LogP contribution < -0.4 is 4.89 Å². The standard InChI is InChI=1S/C46H84NO7P/c1-6-8-10-12-14-16-18-20-22-24-25-27-29-31-33-35-37-39-46(48)54-45(44-53-55(49,50)52-42-40-47(3,4)5)43-51-41-38-36-34-32-30-28-26-23-21-19-17-15-13-11-9-7-2/h8,10,14,16,20,22,25,27,38,41,45H,6-7,9,11-13,15,17-19,21,23-24,26,28-37,39-40,42-44H2,1-5H3/b10-8-,16-14-,22-20-,27-25-,41-38-. The van der Waals surface area contributed by atoms with E-state index in [0.29, 0.717) is 11.0 Å². The van der Waals surface area contributed by atoms with Crippen molar-refractivity contribution in [2.75, 3.05) is 47.5 Å². The third-order valence-corrected chi connectivity index (χ3v) is 10.1. The van der Waals surface area contributed by atoms with Gasteiger partial charge in [-0.2, -0.15) is 0 Å². The first-order valence-electron chi connectivity index (χ1n) is 22.1. The summed E-state index contributed by atoms with van der Waals surface area (Å²) in [5.41, 5.74) is 0. The van der Waals surface area contributed by atoms with E-state index in [2.05, 4.69) is 62.5 Å². The van der Waals surface area contributed by atoms with Crippen LogP contribution in [0.15, 0.2) is 60.9 Å². The van der Waals surface area contributed by atoms with Gasteiger partial charge in [-0.15, -0.1) is 0 Å². The molecule has 0 aromatic carbocycles. The number of phosphoric ester groups is 1. The van der Waals surface area contributed by atoms with Crippen LogP contribution >= 0.6 is 7.82 Å². The molecule has 320 valence electrons. The first-order chi connectivity index (χ1) is 26.6. The molecular formula is C46H84NO7P. The smallest absolute Gasteiger partial charge is 0.306 e. The maximum Gasteiger partial charge on any atom is 0.306 e. The SMILES string of the molecule is CC/C=C\C/C=C\C/C=C\C/C=C\CCCCCCC(=O)OC(CO/C=C\CCCCCCCCCCCCCCCC)COP(=O)([O-])OCC[N+](C)(C)C. The van der Waals surface area contributed by atoms with E-state index < -0.39 is 13.9 Å². The van der Waals surface area contributed by atoms with E-state index in [9.17, 15) is 14.3 Å². The molecular weight excluding hydrogens is 709 g/mol. The largest absolute Gasteiger partial charge is 0.756 e. The fraction of sp³-hybridized carbons (Fsp3) is 0.761. The Morgan fingerprint density at radius 3 is 1.60 bits per heavy atom. The summed E-state index contributed by atoms with van der Waals surface area (Å²) in [4.78, 5) is 25.0. The summed E-state index contributed by atoms with van der Waals surface area (Å²) >= 11 is 0. The molecule has 0 bridgehead atoms. The number of rotatable bonds is 40. The van der Waals surface area contributed by atoms with Crippen molar-refractivity contribution in [1.82, 2.24) is 0 Å². The lowest BCUT2D eigenvalue weighted by atomic mass is 10.0. The Balaban J connectivity index is 4.34. The Morgan fingerprint density at radius 2 is 1.07 bits per heavy atom. The van der Waals surface area contributed by atoms with Crippen molar-refractivity contribution in [2.45, 2.75) is 180 Å². The molecule has 2 atom stereocenters. The Labute approximate surface area is 339 Å². The Kier molecular flexibility index (Phi) is 37.5. The molecule has 0 saturated heterocycles. The number of carbonyl (C=O) groups is 1. The molecule has 55 heavy (non-hydrogen) atoms. The quantitative estimate of drug-likeness (QED) is 0.0152. The molecule has 0 rings (SSSR count). The minimum Gasteiger partial charge on any atom is -0.756 e. The zero-order valence-corrected chi connectivity index (χ0v) is 37.0. The number of likely N-dealkylation sites (N-methyl/N-ethyl adjacent to an activating group) is 1. The number of unbranched alkanes of at least 4 members (excludes halogenated alkanes) is 18.